The van der Waals surface area contributed by atoms with Gasteiger partial charge >= 0.3 is 0 Å². The van der Waals surface area contributed by atoms with Crippen LogP contribution in [0.25, 0.3) is 0 Å². The number of nitrogen functional groups attached to an aromatic ring is 1. The van der Waals surface area contributed by atoms with Gasteiger partial charge in [0.2, 0.25) is 0 Å². The van der Waals surface area contributed by atoms with Gasteiger partial charge in [-0.3, -0.25) is 0 Å². The molecule has 0 saturated heterocycles. The van der Waals surface area contributed by atoms with Gasteiger partial charge in [0.25, 0.3) is 0 Å². The van der Waals surface area contributed by atoms with Gasteiger partial charge in [-0.05, 0) is 36.4 Å². The molecule has 0 spiro atoms. The van der Waals surface area contributed by atoms with Crippen LogP contribution in [0, 0.1) is 11.3 Å². The molecule has 5 heteroatoms. The van der Waals surface area contributed by atoms with Crippen molar-refractivity contribution in [1.82, 2.24) is 0 Å². The van der Waals surface area contributed by atoms with Crippen molar-refractivity contribution < 1.29 is 4.74 Å². The van der Waals surface area contributed by atoms with Gasteiger partial charge in [0.05, 0.1) is 17.3 Å². The van der Waals surface area contributed by atoms with E-state index < -0.39 is 0 Å². The molecule has 0 aliphatic rings. The van der Waals surface area contributed by atoms with Gasteiger partial charge in [-0.25, -0.2) is 0 Å². The van der Waals surface area contributed by atoms with Crippen LogP contribution >= 0.6 is 23.2 Å². The van der Waals surface area contributed by atoms with Crippen LogP contribution in [-0.4, -0.2) is 0 Å². The molecule has 0 aromatic heterocycles. The number of nitrogens with two attached hydrogens (primary N) is 1. The second kappa shape index (κ2) is 5.18. The highest BCUT2D eigenvalue weighted by molar-refractivity contribution is 6.34. The van der Waals surface area contributed by atoms with E-state index in [1.807, 2.05) is 6.07 Å². The third-order valence-corrected chi connectivity index (χ3v) is 2.64. The second-order valence-corrected chi connectivity index (χ2v) is 4.44. The van der Waals surface area contributed by atoms with Gasteiger partial charge in [0.15, 0.2) is 0 Å². The lowest BCUT2D eigenvalue weighted by molar-refractivity contribution is 0.485. The van der Waals surface area contributed by atoms with Gasteiger partial charge in [0, 0.05) is 10.0 Å². The number of anilines is 1. The molecule has 3 nitrogen and oxygen atoms in total. The fraction of sp³-hybridized carbons (Fsp3) is 0. The molecule has 0 heterocycles. The zero-order chi connectivity index (χ0) is 13.1. The van der Waals surface area contributed by atoms with Gasteiger partial charge in [-0.1, -0.05) is 23.2 Å². The fourth-order valence-electron chi connectivity index (χ4n) is 1.43. The maximum Gasteiger partial charge on any atom is 0.150 e. The van der Waals surface area contributed by atoms with Gasteiger partial charge in [0.1, 0.15) is 11.5 Å². The molecule has 0 bridgehead atoms. The number of ether oxygens (including phenoxy) is 1. The van der Waals surface area contributed by atoms with Crippen molar-refractivity contribution >= 4 is 28.9 Å². The number of rotatable bonds is 2. The Morgan fingerprint density at radius 1 is 1.06 bits per heavy atom. The van der Waals surface area contributed by atoms with Crippen LogP contribution in [-0.2, 0) is 0 Å². The van der Waals surface area contributed by atoms with E-state index in [-0.39, 0.29) is 0 Å². The summed E-state index contributed by atoms with van der Waals surface area (Å²) in [4.78, 5) is 0. The van der Waals surface area contributed by atoms with Crippen molar-refractivity contribution in [2.75, 3.05) is 5.73 Å². The van der Waals surface area contributed by atoms with E-state index in [2.05, 4.69) is 0 Å². The van der Waals surface area contributed by atoms with Crippen LogP contribution in [0.3, 0.4) is 0 Å². The summed E-state index contributed by atoms with van der Waals surface area (Å²) < 4.78 is 5.57. The Morgan fingerprint density at radius 3 is 2.28 bits per heavy atom. The Balaban J connectivity index is 2.31. The number of halogens is 2. The van der Waals surface area contributed by atoms with E-state index in [1.54, 1.807) is 36.4 Å². The van der Waals surface area contributed by atoms with Crippen molar-refractivity contribution in [1.29, 1.82) is 5.26 Å². The Morgan fingerprint density at radius 2 is 1.72 bits per heavy atom. The van der Waals surface area contributed by atoms with Gasteiger partial charge < -0.3 is 10.5 Å². The van der Waals surface area contributed by atoms with E-state index in [0.29, 0.717) is 32.8 Å². The summed E-state index contributed by atoms with van der Waals surface area (Å²) in [6, 6.07) is 11.7. The average Bonchev–Trinajstić information content (AvgIpc) is 2.30. The molecule has 0 amide bonds. The molecule has 2 aromatic rings. The van der Waals surface area contributed by atoms with Crippen molar-refractivity contribution in [2.45, 2.75) is 0 Å². The first kappa shape index (κ1) is 12.6. The Bertz CT molecular complexity index is 615. The van der Waals surface area contributed by atoms with Crippen LogP contribution in [0.2, 0.25) is 10.0 Å². The van der Waals surface area contributed by atoms with Crippen molar-refractivity contribution in [2.24, 2.45) is 0 Å². The first-order valence-corrected chi connectivity index (χ1v) is 5.77. The molecule has 90 valence electrons. The third-order valence-electron chi connectivity index (χ3n) is 2.20. The van der Waals surface area contributed by atoms with Crippen molar-refractivity contribution in [3.63, 3.8) is 0 Å². The Labute approximate surface area is 114 Å². The second-order valence-electron chi connectivity index (χ2n) is 3.57. The minimum absolute atomic E-state index is 0.380. The summed E-state index contributed by atoms with van der Waals surface area (Å²) in [7, 11) is 0. The number of nitriles is 1. The van der Waals surface area contributed by atoms with Crippen LogP contribution in [0.15, 0.2) is 36.4 Å². The Kier molecular flexibility index (Phi) is 3.61. The Hall–Kier alpha value is -1.89. The zero-order valence-electron chi connectivity index (χ0n) is 9.15. The summed E-state index contributed by atoms with van der Waals surface area (Å²) in [5, 5.41) is 9.69. The van der Waals surface area contributed by atoms with Crippen LogP contribution < -0.4 is 10.5 Å². The molecule has 18 heavy (non-hydrogen) atoms. The number of hydrogen-bond donors (Lipinski definition) is 1. The van der Waals surface area contributed by atoms with Gasteiger partial charge in [-0.2, -0.15) is 5.26 Å². The third kappa shape index (κ3) is 2.86. The van der Waals surface area contributed by atoms with Crippen molar-refractivity contribution in [3.8, 4) is 17.6 Å². The number of nitrogens with zero attached hydrogens (tertiary/aromatic N) is 1. The van der Waals surface area contributed by atoms with Crippen LogP contribution in [0.5, 0.6) is 11.5 Å². The van der Waals surface area contributed by atoms with E-state index in [1.165, 1.54) is 0 Å². The summed E-state index contributed by atoms with van der Waals surface area (Å²) in [5.74, 6) is 0.941. The predicted molar refractivity (Wildman–Crippen MR) is 72.1 cm³/mol. The molecule has 0 saturated carbocycles. The molecule has 0 radical (unpaired) electrons. The standard InChI is InChI=1S/C13H8Cl2N2O/c14-9-4-10(15)6-11(5-9)18-13-2-1-8(7-16)3-12(13)17/h1-6H,17H2. The van der Waals surface area contributed by atoms with Crippen LogP contribution in [0.1, 0.15) is 5.56 Å². The summed E-state index contributed by atoms with van der Waals surface area (Å²) in [5.41, 5.74) is 6.63. The molecule has 2 rings (SSSR count). The predicted octanol–water partition coefficient (Wildman–Crippen LogP) is 4.24. The first-order valence-electron chi connectivity index (χ1n) is 5.02. The maximum absolute atomic E-state index is 8.73. The van der Waals surface area contributed by atoms with E-state index in [9.17, 15) is 0 Å². The molecule has 0 atom stereocenters. The summed E-state index contributed by atoms with van der Waals surface area (Å²) in [6.45, 7) is 0. The van der Waals surface area contributed by atoms with Crippen molar-refractivity contribution in [3.05, 3.63) is 52.0 Å². The molecule has 2 N–H and O–H groups in total. The average molecular weight is 279 g/mol. The normalized spacial score (nSPS) is 9.83. The SMILES string of the molecule is N#Cc1ccc(Oc2cc(Cl)cc(Cl)c2)c(N)c1. The topological polar surface area (TPSA) is 59.0 Å². The molecular formula is C13H8Cl2N2O. The van der Waals surface area contributed by atoms with E-state index in [4.69, 9.17) is 38.9 Å². The molecule has 0 unspecified atom stereocenters. The highest BCUT2D eigenvalue weighted by atomic mass is 35.5. The zero-order valence-corrected chi connectivity index (χ0v) is 10.7. The fourth-order valence-corrected chi connectivity index (χ4v) is 1.93. The minimum Gasteiger partial charge on any atom is -0.455 e. The highest BCUT2D eigenvalue weighted by Crippen LogP contribution is 2.31. The van der Waals surface area contributed by atoms with E-state index in [0.717, 1.165) is 0 Å². The molecular weight excluding hydrogens is 271 g/mol. The van der Waals surface area contributed by atoms with E-state index >= 15 is 0 Å². The summed E-state index contributed by atoms with van der Waals surface area (Å²) >= 11 is 11.7. The largest absolute Gasteiger partial charge is 0.455 e. The maximum atomic E-state index is 8.73. The molecule has 0 aliphatic carbocycles. The smallest absolute Gasteiger partial charge is 0.150 e. The van der Waals surface area contributed by atoms with Crippen LogP contribution in [0.4, 0.5) is 5.69 Å². The molecule has 2 aromatic carbocycles. The van der Waals surface area contributed by atoms with Gasteiger partial charge in [-0.15, -0.1) is 0 Å². The lowest BCUT2D eigenvalue weighted by Gasteiger charge is -2.09. The monoisotopic (exact) mass is 278 g/mol. The first-order chi connectivity index (χ1) is 8.58. The lowest BCUT2D eigenvalue weighted by atomic mass is 10.2. The number of hydrogen-bond acceptors (Lipinski definition) is 3. The lowest BCUT2D eigenvalue weighted by Crippen LogP contribution is -1.93. The highest BCUT2D eigenvalue weighted by Gasteiger charge is 2.05. The quantitative estimate of drug-likeness (QED) is 0.836. The molecule has 0 fully saturated rings. The molecule has 0 aliphatic heterocycles. The number of benzene rings is 2. The summed E-state index contributed by atoms with van der Waals surface area (Å²) in [6.07, 6.45) is 0. The minimum atomic E-state index is 0.380.